The molecule has 2 aromatic heterocycles. The van der Waals surface area contributed by atoms with Crippen molar-refractivity contribution in [2.75, 3.05) is 18.4 Å². The molecule has 1 aromatic carbocycles. The molecule has 1 saturated heterocycles. The second-order valence-corrected chi connectivity index (χ2v) is 7.55. The fourth-order valence-electron chi connectivity index (χ4n) is 3.81. The predicted octanol–water partition coefficient (Wildman–Crippen LogP) is 2.53. The zero-order chi connectivity index (χ0) is 19.7. The van der Waals surface area contributed by atoms with E-state index in [1.807, 2.05) is 43.3 Å². The number of hydrogen-bond donors (Lipinski definition) is 2. The molecular formula is C21H24N4O3. The highest BCUT2D eigenvalue weighted by Crippen LogP contribution is 2.24. The minimum Gasteiger partial charge on any atom is -0.391 e. The summed E-state index contributed by atoms with van der Waals surface area (Å²) in [5, 5.41) is 18.1. The first-order valence-electron chi connectivity index (χ1n) is 9.46. The van der Waals surface area contributed by atoms with Crippen molar-refractivity contribution in [3.63, 3.8) is 0 Å². The minimum absolute atomic E-state index is 0.0911. The van der Waals surface area contributed by atoms with E-state index in [0.717, 1.165) is 40.3 Å². The van der Waals surface area contributed by atoms with Gasteiger partial charge in [0.25, 0.3) is 0 Å². The number of likely N-dealkylation sites (tertiary alicyclic amines) is 1. The van der Waals surface area contributed by atoms with Gasteiger partial charge >= 0.3 is 0 Å². The Hall–Kier alpha value is -2.77. The molecule has 0 spiro atoms. The monoisotopic (exact) mass is 380 g/mol. The smallest absolute Gasteiger partial charge is 0.221 e. The summed E-state index contributed by atoms with van der Waals surface area (Å²) < 4.78 is 5.29. The number of rotatable bonds is 5. The highest BCUT2D eigenvalue weighted by molar-refractivity contribution is 5.92. The van der Waals surface area contributed by atoms with Crippen LogP contribution in [0.5, 0.6) is 0 Å². The Morgan fingerprint density at radius 3 is 2.89 bits per heavy atom. The second kappa shape index (κ2) is 7.69. The fourth-order valence-corrected chi connectivity index (χ4v) is 3.81. The average molecular weight is 380 g/mol. The van der Waals surface area contributed by atoms with Crippen molar-refractivity contribution in [2.45, 2.75) is 32.9 Å². The van der Waals surface area contributed by atoms with Crippen LogP contribution in [0.15, 0.2) is 40.9 Å². The van der Waals surface area contributed by atoms with Crippen LogP contribution in [-0.2, 0) is 17.8 Å². The number of pyridine rings is 1. The molecule has 1 aliphatic rings. The molecule has 2 atom stereocenters. The predicted molar refractivity (Wildman–Crippen MR) is 106 cm³/mol. The molecular weight excluding hydrogens is 356 g/mol. The van der Waals surface area contributed by atoms with Crippen molar-refractivity contribution < 1.29 is 14.4 Å². The van der Waals surface area contributed by atoms with Gasteiger partial charge in [0.2, 0.25) is 5.91 Å². The number of carbonyl (C=O) groups excluding carboxylic acids is 1. The first-order valence-corrected chi connectivity index (χ1v) is 9.46. The maximum Gasteiger partial charge on any atom is 0.221 e. The second-order valence-electron chi connectivity index (χ2n) is 7.55. The van der Waals surface area contributed by atoms with Crippen LogP contribution in [-0.4, -0.2) is 45.2 Å². The molecule has 0 bridgehead atoms. The van der Waals surface area contributed by atoms with Crippen LogP contribution in [0, 0.1) is 12.8 Å². The summed E-state index contributed by atoms with van der Waals surface area (Å²) in [6, 6.07) is 11.6. The third-order valence-electron chi connectivity index (χ3n) is 5.08. The van der Waals surface area contributed by atoms with Gasteiger partial charge in [0.15, 0.2) is 0 Å². The SMILES string of the molecule is CC(=O)Nc1ccc2nc(CN3C[C@@H](Cc4cc(C)no4)[C@H](O)C3)ccc2c1. The van der Waals surface area contributed by atoms with Crippen LogP contribution < -0.4 is 5.32 Å². The molecule has 7 nitrogen and oxygen atoms in total. The highest BCUT2D eigenvalue weighted by Gasteiger charge is 2.32. The van der Waals surface area contributed by atoms with Gasteiger partial charge in [-0.2, -0.15) is 0 Å². The van der Waals surface area contributed by atoms with E-state index in [9.17, 15) is 9.90 Å². The molecule has 0 radical (unpaired) electrons. The third-order valence-corrected chi connectivity index (χ3v) is 5.08. The third kappa shape index (κ3) is 4.21. The maximum absolute atomic E-state index is 11.2. The molecule has 28 heavy (non-hydrogen) atoms. The van der Waals surface area contributed by atoms with Gasteiger partial charge in [-0.1, -0.05) is 11.2 Å². The van der Waals surface area contributed by atoms with Gasteiger partial charge in [-0.3, -0.25) is 14.7 Å². The number of aromatic nitrogens is 2. The maximum atomic E-state index is 11.2. The number of anilines is 1. The Morgan fingerprint density at radius 2 is 2.14 bits per heavy atom. The molecule has 0 unspecified atom stereocenters. The van der Waals surface area contributed by atoms with E-state index in [-0.39, 0.29) is 17.9 Å². The van der Waals surface area contributed by atoms with Crippen molar-refractivity contribution in [3.8, 4) is 0 Å². The van der Waals surface area contributed by atoms with Gasteiger partial charge in [0.05, 0.1) is 23.0 Å². The van der Waals surface area contributed by atoms with Gasteiger partial charge in [-0.25, -0.2) is 0 Å². The zero-order valence-electron chi connectivity index (χ0n) is 16.1. The molecule has 3 heterocycles. The number of aryl methyl sites for hydroxylation is 1. The van der Waals surface area contributed by atoms with E-state index < -0.39 is 0 Å². The van der Waals surface area contributed by atoms with Gasteiger partial charge in [0.1, 0.15) is 5.76 Å². The van der Waals surface area contributed by atoms with Crippen molar-refractivity contribution >= 4 is 22.5 Å². The molecule has 0 saturated carbocycles. The number of aliphatic hydroxyl groups excluding tert-OH is 1. The van der Waals surface area contributed by atoms with Crippen LogP contribution in [0.3, 0.4) is 0 Å². The quantitative estimate of drug-likeness (QED) is 0.707. The zero-order valence-corrected chi connectivity index (χ0v) is 16.1. The molecule has 1 aliphatic heterocycles. The van der Waals surface area contributed by atoms with E-state index in [1.54, 1.807) is 0 Å². The molecule has 2 N–H and O–H groups in total. The van der Waals surface area contributed by atoms with Crippen LogP contribution in [0.1, 0.15) is 24.1 Å². The number of β-amino-alcohol motifs (C(OH)–C–C–N with tert-alkyl or cyclic N) is 1. The van der Waals surface area contributed by atoms with Crippen LogP contribution >= 0.6 is 0 Å². The lowest BCUT2D eigenvalue weighted by atomic mass is 10.0. The number of benzene rings is 1. The van der Waals surface area contributed by atoms with Crippen LogP contribution in [0.4, 0.5) is 5.69 Å². The lowest BCUT2D eigenvalue weighted by molar-refractivity contribution is -0.114. The summed E-state index contributed by atoms with van der Waals surface area (Å²) in [6.45, 7) is 5.50. The first-order chi connectivity index (χ1) is 13.5. The molecule has 7 heteroatoms. The number of aliphatic hydroxyl groups is 1. The van der Waals surface area contributed by atoms with Gasteiger partial charge in [0, 0.05) is 56.0 Å². The molecule has 3 aromatic rings. The standard InChI is InChI=1S/C21H24N4O3/c1-13-7-19(28-24-13)9-16-10-25(12-21(16)27)11-18-4-3-15-8-17(22-14(2)26)5-6-20(15)23-18/h3-8,16,21,27H,9-12H2,1-2H3,(H,22,26)/t16-,21-/m1/s1. The normalized spacial score (nSPS) is 20.0. The van der Waals surface area contributed by atoms with Gasteiger partial charge in [-0.05, 0) is 31.2 Å². The lowest BCUT2D eigenvalue weighted by Crippen LogP contribution is -2.22. The summed E-state index contributed by atoms with van der Waals surface area (Å²) >= 11 is 0. The van der Waals surface area contributed by atoms with E-state index in [1.165, 1.54) is 6.92 Å². The van der Waals surface area contributed by atoms with E-state index in [4.69, 9.17) is 9.51 Å². The van der Waals surface area contributed by atoms with Gasteiger partial charge < -0.3 is 14.9 Å². The summed E-state index contributed by atoms with van der Waals surface area (Å²) in [6.07, 6.45) is 0.307. The molecule has 1 amide bonds. The number of fused-ring (bicyclic) bond motifs is 1. The number of hydrogen-bond acceptors (Lipinski definition) is 6. The summed E-state index contributed by atoms with van der Waals surface area (Å²) in [4.78, 5) is 18.2. The Kier molecular flexibility index (Phi) is 5.11. The summed E-state index contributed by atoms with van der Waals surface area (Å²) in [7, 11) is 0. The van der Waals surface area contributed by atoms with E-state index >= 15 is 0 Å². The lowest BCUT2D eigenvalue weighted by Gasteiger charge is -2.15. The topological polar surface area (TPSA) is 91.5 Å². The van der Waals surface area contributed by atoms with Crippen LogP contribution in [0.25, 0.3) is 10.9 Å². The van der Waals surface area contributed by atoms with E-state index in [0.29, 0.717) is 19.5 Å². The Morgan fingerprint density at radius 1 is 1.29 bits per heavy atom. The average Bonchev–Trinajstić information content (AvgIpc) is 3.20. The molecule has 4 rings (SSSR count). The van der Waals surface area contributed by atoms with Crippen molar-refractivity contribution in [1.82, 2.24) is 15.0 Å². The van der Waals surface area contributed by atoms with E-state index in [2.05, 4.69) is 15.4 Å². The van der Waals surface area contributed by atoms with Gasteiger partial charge in [-0.15, -0.1) is 0 Å². The number of amides is 1. The number of nitrogens with zero attached hydrogens (tertiary/aromatic N) is 3. The number of nitrogens with one attached hydrogen (secondary N) is 1. The fraction of sp³-hybridized carbons (Fsp3) is 0.381. The van der Waals surface area contributed by atoms with Crippen LogP contribution in [0.2, 0.25) is 0 Å². The Labute approximate surface area is 163 Å². The Bertz CT molecular complexity index is 1000. The molecule has 0 aliphatic carbocycles. The molecule has 1 fully saturated rings. The summed E-state index contributed by atoms with van der Waals surface area (Å²) in [5.41, 5.74) is 3.48. The molecule has 146 valence electrons. The van der Waals surface area contributed by atoms with Crippen molar-refractivity contribution in [2.24, 2.45) is 5.92 Å². The summed E-state index contributed by atoms with van der Waals surface area (Å²) in [5.74, 6) is 0.863. The largest absolute Gasteiger partial charge is 0.391 e. The first kappa shape index (κ1) is 18.6. The van der Waals surface area contributed by atoms with Crippen molar-refractivity contribution in [3.05, 3.63) is 53.5 Å². The number of carbonyl (C=O) groups is 1. The van der Waals surface area contributed by atoms with Crippen molar-refractivity contribution in [1.29, 1.82) is 0 Å². The Balaban J connectivity index is 1.42. The minimum atomic E-state index is -0.383. The highest BCUT2D eigenvalue weighted by atomic mass is 16.5.